The number of nitrogens with one attached hydrogen (secondary N) is 3. The van der Waals surface area contributed by atoms with Gasteiger partial charge in [0.25, 0.3) is 0 Å². The maximum absolute atomic E-state index is 4.58. The van der Waals surface area contributed by atoms with Crippen LogP contribution in [0.1, 0.15) is 0 Å². The molecular weight excluding hydrogens is 1060 g/mol. The Morgan fingerprint density at radius 2 is 1.08 bits per heavy atom. The molecule has 21 nitrogen and oxygen atoms in total. The third kappa shape index (κ3) is 49.3. The van der Waals surface area contributed by atoms with Crippen molar-refractivity contribution in [2.75, 3.05) is 0 Å². The van der Waals surface area contributed by atoms with Crippen molar-refractivity contribution in [2.45, 2.75) is 0 Å². The molecule has 0 aromatic carbocycles. The lowest BCUT2D eigenvalue weighted by molar-refractivity contribution is 0.420. The Labute approximate surface area is 468 Å². The first-order chi connectivity index (χ1) is 39.5. The summed E-state index contributed by atoms with van der Waals surface area (Å²) in [6.45, 7) is 0. The Hall–Kier alpha value is -10.7. The summed E-state index contributed by atoms with van der Waals surface area (Å²) in [5, 5.41) is 25.7. The van der Waals surface area contributed by atoms with Crippen LogP contribution in [0.5, 0.6) is 0 Å². The molecule has 0 radical (unpaired) electrons. The van der Waals surface area contributed by atoms with Gasteiger partial charge in [0.05, 0.1) is 36.8 Å². The van der Waals surface area contributed by atoms with Gasteiger partial charge in [0.2, 0.25) is 0 Å². The van der Waals surface area contributed by atoms with Crippen molar-refractivity contribution < 1.29 is 13.4 Å². The number of aromatic amines is 3. The van der Waals surface area contributed by atoms with Crippen molar-refractivity contribution in [2.24, 2.45) is 0 Å². The maximum atomic E-state index is 4.58. The van der Waals surface area contributed by atoms with Crippen molar-refractivity contribution >= 4 is 45.2 Å². The number of aromatic nitrogens is 18. The van der Waals surface area contributed by atoms with Crippen LogP contribution in [-0.2, 0) is 0 Å². The summed E-state index contributed by atoms with van der Waals surface area (Å²) in [7, 11) is 0. The Morgan fingerprint density at radius 3 is 1.30 bits per heavy atom. The lowest BCUT2D eigenvalue weighted by Crippen LogP contribution is -1.78. The number of pyridine rings is 3. The molecule has 0 bridgehead atoms. The summed E-state index contributed by atoms with van der Waals surface area (Å²) in [4.78, 5) is 43.3. The predicted octanol–water partition coefficient (Wildman–Crippen LogP) is 12.6. The number of imidazole rings is 1. The van der Waals surface area contributed by atoms with Crippen LogP contribution in [0, 0.1) is 0 Å². The van der Waals surface area contributed by atoms with Gasteiger partial charge in [-0.05, 0) is 119 Å². The molecule has 402 valence electrons. The maximum Gasteiger partial charge on any atom is 0.180 e. The monoisotopic (exact) mass is 1110 g/mol. The lowest BCUT2D eigenvalue weighted by Gasteiger charge is -1.90. The average Bonchev–Trinajstić information content (AvgIpc) is 4.38. The summed E-state index contributed by atoms with van der Waals surface area (Å²) in [5.74, 6) is 0. The Kier molecular flexibility index (Phi) is 46.2. The van der Waals surface area contributed by atoms with E-state index in [1.165, 1.54) is 36.8 Å². The number of rotatable bonds is 0. The largest absolute Gasteiger partial charge is 0.473 e. The molecule has 0 saturated heterocycles. The fourth-order valence-electron chi connectivity index (χ4n) is 3.84. The highest BCUT2D eigenvalue weighted by molar-refractivity contribution is 7.07. The van der Waals surface area contributed by atoms with Crippen LogP contribution in [0.15, 0.2) is 336 Å². The summed E-state index contributed by atoms with van der Waals surface area (Å²) >= 11 is 4.78. The van der Waals surface area contributed by atoms with Crippen molar-refractivity contribution in [1.29, 1.82) is 0 Å². The van der Waals surface area contributed by atoms with Crippen LogP contribution in [0.25, 0.3) is 11.0 Å². The van der Waals surface area contributed by atoms with Crippen molar-refractivity contribution in [1.82, 2.24) is 89.7 Å². The fraction of sp³-hybridized carbons (Fsp3) is 0. The highest BCUT2D eigenvalue weighted by Gasteiger charge is 1.88. The standard InChI is InChI=1S/C8H6N2.C5H5N.3C4H4N2.C4H5N.C4H4O.C4H4S.2C3H4N2.2C3H3NO.2C3H3NS/c1-3-7-4-2-6-10-8(7)9-5-1;1-2-4-6-5-3-1;1-2-6-4-3-5-1;1-2-5-4-6-3-1;1-2-4-6-5-3-1;3*1-2-4-5-3-1;1-2-5-3-4-1;1-2-4-5-3-1;1-2-5-3-4-1;1-2-4-5-3-1;1-2-5-3-4-1;1-2-4-5-3-1/h1-6H;1-5H;3*1-4H;1-5H;2*1-4H;2*1-3H,(H,4,5);4*1-3H. The second-order valence-corrected chi connectivity index (χ2v) is 14.8. The molecule has 0 aliphatic carbocycles. The summed E-state index contributed by atoms with van der Waals surface area (Å²) in [6.07, 6.45) is 48.3. The van der Waals surface area contributed by atoms with E-state index in [4.69, 9.17) is 0 Å². The third-order valence-electron chi connectivity index (χ3n) is 6.93. The molecule has 0 saturated carbocycles. The highest BCUT2D eigenvalue weighted by atomic mass is 32.1. The first-order valence-electron chi connectivity index (χ1n) is 22.8. The predicted molar refractivity (Wildman–Crippen MR) is 308 cm³/mol. The topological polar surface area (TPSA) is 280 Å². The number of furan rings is 1. The molecule has 15 aromatic rings. The average molecular weight is 1110 g/mol. The number of H-pyrrole nitrogens is 3. The van der Waals surface area contributed by atoms with Crippen LogP contribution < -0.4 is 0 Å². The van der Waals surface area contributed by atoms with Gasteiger partial charge in [-0.1, -0.05) is 23.4 Å². The molecule has 24 heteroatoms. The molecule has 15 aromatic heterocycles. The fourth-order valence-corrected chi connectivity index (χ4v) is 5.00. The van der Waals surface area contributed by atoms with E-state index in [1.807, 2.05) is 137 Å². The second-order valence-electron chi connectivity index (χ2n) is 12.5. The van der Waals surface area contributed by atoms with Gasteiger partial charge >= 0.3 is 0 Å². The molecule has 0 fully saturated rings. The van der Waals surface area contributed by atoms with Crippen molar-refractivity contribution in [3.8, 4) is 0 Å². The van der Waals surface area contributed by atoms with E-state index in [1.54, 1.807) is 183 Å². The molecule has 0 unspecified atom stereocenters. The number of thiophene rings is 1. The molecule has 3 N–H and O–H groups in total. The van der Waals surface area contributed by atoms with Crippen LogP contribution in [0.4, 0.5) is 0 Å². The minimum atomic E-state index is 0.810. The molecule has 0 spiro atoms. The van der Waals surface area contributed by atoms with E-state index in [9.17, 15) is 0 Å². The van der Waals surface area contributed by atoms with Crippen LogP contribution >= 0.6 is 34.2 Å². The number of fused-ring (bicyclic) bond motifs is 1. The zero-order chi connectivity index (χ0) is 55.6. The highest BCUT2D eigenvalue weighted by Crippen LogP contribution is 2.04. The number of hydrogen-bond donors (Lipinski definition) is 3. The van der Waals surface area contributed by atoms with Crippen LogP contribution in [0.2, 0.25) is 0 Å². The Bertz CT molecular complexity index is 2280. The van der Waals surface area contributed by atoms with Crippen molar-refractivity contribution in [3.05, 3.63) is 323 Å². The van der Waals surface area contributed by atoms with Gasteiger partial charge in [-0.3, -0.25) is 25.0 Å². The van der Waals surface area contributed by atoms with E-state index < -0.39 is 0 Å². The van der Waals surface area contributed by atoms with Gasteiger partial charge in [-0.25, -0.2) is 34.3 Å². The number of nitrogens with zero attached hydrogens (tertiary/aromatic N) is 15. The van der Waals surface area contributed by atoms with Crippen molar-refractivity contribution in [3.63, 3.8) is 0 Å². The zero-order valence-corrected chi connectivity index (χ0v) is 44.7. The third-order valence-corrected chi connectivity index (χ3v) is 8.60. The lowest BCUT2D eigenvalue weighted by atomic mass is 10.3. The molecule has 15 rings (SSSR count). The molecule has 0 aliphatic rings. The normalized spacial score (nSPS) is 8.25. The molecular formula is C55H56N18O3S3. The summed E-state index contributed by atoms with van der Waals surface area (Å²) in [6, 6.07) is 36.0. The van der Waals surface area contributed by atoms with Gasteiger partial charge in [0, 0.05) is 140 Å². The molecule has 15 heterocycles. The quantitative estimate of drug-likeness (QED) is 0.127. The second kappa shape index (κ2) is 56.6. The minimum Gasteiger partial charge on any atom is -0.473 e. The van der Waals surface area contributed by atoms with Gasteiger partial charge in [-0.15, -0.1) is 11.3 Å². The SMILES string of the molecule is c1c[nH]cn1.c1cc[nH]c1.c1ccncc1.c1ccnnc1.c1ccoc1.c1ccsc1.c1cn[nH]c1.c1cnc2ncccc2c1.c1cnccn1.c1cncnc1.c1cnoc1.c1cnsc1.c1cocn1.c1cscn1. The van der Waals surface area contributed by atoms with E-state index in [0.29, 0.717) is 0 Å². The number of oxazole rings is 1. The molecule has 79 heavy (non-hydrogen) atoms. The van der Waals surface area contributed by atoms with E-state index in [2.05, 4.69) is 103 Å². The van der Waals surface area contributed by atoms with E-state index in [-0.39, 0.29) is 0 Å². The Balaban J connectivity index is 0.000000292. The van der Waals surface area contributed by atoms with Gasteiger partial charge < -0.3 is 23.3 Å². The molecule has 0 atom stereocenters. The smallest absolute Gasteiger partial charge is 0.180 e. The van der Waals surface area contributed by atoms with E-state index in [0.717, 1.165) is 11.0 Å². The van der Waals surface area contributed by atoms with Gasteiger partial charge in [-0.2, -0.15) is 26.6 Å². The van der Waals surface area contributed by atoms with Gasteiger partial charge in [0.1, 0.15) is 18.9 Å². The van der Waals surface area contributed by atoms with E-state index >= 15 is 0 Å². The number of thiazole rings is 1. The first-order valence-corrected chi connectivity index (χ1v) is 25.5. The van der Waals surface area contributed by atoms with Crippen LogP contribution in [-0.4, -0.2) is 89.7 Å². The zero-order valence-electron chi connectivity index (χ0n) is 42.3. The molecule has 0 amide bonds. The summed E-state index contributed by atoms with van der Waals surface area (Å²) < 4.78 is 17.2. The number of hydrogen-bond acceptors (Lipinski definition) is 21. The molecule has 0 aliphatic heterocycles. The van der Waals surface area contributed by atoms with Gasteiger partial charge in [0.15, 0.2) is 12.0 Å². The minimum absolute atomic E-state index is 0.810. The van der Waals surface area contributed by atoms with Crippen LogP contribution in [0.3, 0.4) is 0 Å². The summed E-state index contributed by atoms with van der Waals surface area (Å²) in [5.41, 5.74) is 2.60. The Morgan fingerprint density at radius 1 is 0.380 bits per heavy atom. The first kappa shape index (κ1) is 64.4.